The summed E-state index contributed by atoms with van der Waals surface area (Å²) in [5, 5.41) is 9.08. The molecule has 4 nitrogen and oxygen atoms in total. The van der Waals surface area contributed by atoms with E-state index in [1.807, 2.05) is 6.92 Å². The molecule has 1 saturated carbocycles. The van der Waals surface area contributed by atoms with E-state index in [0.29, 0.717) is 23.8 Å². The highest BCUT2D eigenvalue weighted by Crippen LogP contribution is 2.31. The molecule has 1 fully saturated rings. The van der Waals surface area contributed by atoms with Crippen LogP contribution in [0, 0.1) is 0 Å². The molecule has 0 radical (unpaired) electrons. The van der Waals surface area contributed by atoms with Gasteiger partial charge in [0.05, 0.1) is 31.2 Å². The maximum Gasteiger partial charge on any atom is 0.179 e. The Labute approximate surface area is 102 Å². The molecular formula is C13H19NO3. The standard InChI is InChI=1S/C13H19NO3/c1-2-16-13-8-14-10(9-15)7-12(13)17-11-5-3-4-6-11/h7-8,11,15H,2-6,9H2,1H3. The lowest BCUT2D eigenvalue weighted by molar-refractivity contribution is 0.195. The summed E-state index contributed by atoms with van der Waals surface area (Å²) in [6.45, 7) is 2.44. The second kappa shape index (κ2) is 5.87. The first-order valence-corrected chi connectivity index (χ1v) is 6.22. The smallest absolute Gasteiger partial charge is 0.179 e. The monoisotopic (exact) mass is 237 g/mol. The van der Waals surface area contributed by atoms with Crippen LogP contribution in [0.5, 0.6) is 11.5 Å². The Bertz CT molecular complexity index is 362. The van der Waals surface area contributed by atoms with E-state index in [1.165, 1.54) is 12.8 Å². The normalized spacial score (nSPS) is 16.1. The molecule has 1 aliphatic carbocycles. The van der Waals surface area contributed by atoms with Gasteiger partial charge in [0.2, 0.25) is 0 Å². The fourth-order valence-electron chi connectivity index (χ4n) is 2.09. The zero-order valence-corrected chi connectivity index (χ0v) is 10.2. The van der Waals surface area contributed by atoms with E-state index in [0.717, 1.165) is 12.8 Å². The van der Waals surface area contributed by atoms with Crippen molar-refractivity contribution in [3.8, 4) is 11.5 Å². The van der Waals surface area contributed by atoms with Gasteiger partial charge in [-0.25, -0.2) is 0 Å². The summed E-state index contributed by atoms with van der Waals surface area (Å²) >= 11 is 0. The predicted octanol–water partition coefficient (Wildman–Crippen LogP) is 2.29. The number of aromatic nitrogens is 1. The fraction of sp³-hybridized carbons (Fsp3) is 0.615. The Balaban J connectivity index is 2.14. The minimum atomic E-state index is -0.0760. The summed E-state index contributed by atoms with van der Waals surface area (Å²) in [6, 6.07) is 1.77. The van der Waals surface area contributed by atoms with Gasteiger partial charge in [0.15, 0.2) is 11.5 Å². The molecule has 2 rings (SSSR count). The van der Waals surface area contributed by atoms with Gasteiger partial charge in [-0.1, -0.05) is 0 Å². The van der Waals surface area contributed by atoms with Crippen LogP contribution >= 0.6 is 0 Å². The lowest BCUT2D eigenvalue weighted by Gasteiger charge is -2.16. The number of pyridine rings is 1. The van der Waals surface area contributed by atoms with Crippen molar-refractivity contribution in [2.24, 2.45) is 0 Å². The summed E-state index contributed by atoms with van der Waals surface area (Å²) in [5.41, 5.74) is 0.612. The molecule has 0 aliphatic heterocycles. The Kier molecular flexibility index (Phi) is 4.20. The van der Waals surface area contributed by atoms with Crippen LogP contribution in [0.1, 0.15) is 38.3 Å². The largest absolute Gasteiger partial charge is 0.488 e. The van der Waals surface area contributed by atoms with Gasteiger partial charge in [-0.3, -0.25) is 4.98 Å². The molecule has 94 valence electrons. The average molecular weight is 237 g/mol. The summed E-state index contributed by atoms with van der Waals surface area (Å²) in [4.78, 5) is 4.10. The van der Waals surface area contributed by atoms with Crippen molar-refractivity contribution in [2.45, 2.75) is 45.3 Å². The van der Waals surface area contributed by atoms with Crippen molar-refractivity contribution in [2.75, 3.05) is 6.61 Å². The van der Waals surface area contributed by atoms with Crippen molar-refractivity contribution >= 4 is 0 Å². The van der Waals surface area contributed by atoms with E-state index in [1.54, 1.807) is 12.3 Å². The molecule has 4 heteroatoms. The van der Waals surface area contributed by atoms with Crippen LogP contribution in [-0.2, 0) is 6.61 Å². The third-order valence-electron chi connectivity index (χ3n) is 2.95. The van der Waals surface area contributed by atoms with Gasteiger partial charge in [0.25, 0.3) is 0 Å². The Morgan fingerprint density at radius 3 is 2.76 bits per heavy atom. The Hall–Kier alpha value is -1.29. The van der Waals surface area contributed by atoms with Crippen molar-refractivity contribution in [3.05, 3.63) is 18.0 Å². The highest BCUT2D eigenvalue weighted by molar-refractivity contribution is 5.39. The molecule has 0 aromatic carbocycles. The lowest BCUT2D eigenvalue weighted by Crippen LogP contribution is -2.12. The van der Waals surface area contributed by atoms with Crippen LogP contribution in [0.2, 0.25) is 0 Å². The second-order valence-electron chi connectivity index (χ2n) is 4.24. The highest BCUT2D eigenvalue weighted by Gasteiger charge is 2.19. The van der Waals surface area contributed by atoms with Crippen molar-refractivity contribution in [1.82, 2.24) is 4.98 Å². The maximum absolute atomic E-state index is 9.08. The first-order valence-electron chi connectivity index (χ1n) is 6.22. The van der Waals surface area contributed by atoms with Crippen LogP contribution in [0.15, 0.2) is 12.3 Å². The number of nitrogens with zero attached hydrogens (tertiary/aromatic N) is 1. The number of hydrogen-bond donors (Lipinski definition) is 1. The highest BCUT2D eigenvalue weighted by atomic mass is 16.5. The maximum atomic E-state index is 9.08. The van der Waals surface area contributed by atoms with E-state index >= 15 is 0 Å². The van der Waals surface area contributed by atoms with Gasteiger partial charge in [0, 0.05) is 6.07 Å². The minimum absolute atomic E-state index is 0.0760. The molecule has 0 atom stereocenters. The third kappa shape index (κ3) is 3.09. The minimum Gasteiger partial charge on any atom is -0.488 e. The lowest BCUT2D eigenvalue weighted by atomic mass is 10.3. The van der Waals surface area contributed by atoms with Crippen molar-refractivity contribution < 1.29 is 14.6 Å². The number of ether oxygens (including phenoxy) is 2. The van der Waals surface area contributed by atoms with E-state index in [4.69, 9.17) is 14.6 Å². The van der Waals surface area contributed by atoms with E-state index in [9.17, 15) is 0 Å². The molecule has 1 N–H and O–H groups in total. The Morgan fingerprint density at radius 1 is 1.35 bits per heavy atom. The zero-order valence-electron chi connectivity index (χ0n) is 10.2. The van der Waals surface area contributed by atoms with Gasteiger partial charge in [0.1, 0.15) is 0 Å². The zero-order chi connectivity index (χ0) is 12.1. The predicted molar refractivity (Wildman–Crippen MR) is 64.2 cm³/mol. The molecule has 0 bridgehead atoms. The molecular weight excluding hydrogens is 218 g/mol. The first kappa shape index (κ1) is 12.2. The molecule has 1 heterocycles. The van der Waals surface area contributed by atoms with E-state index in [2.05, 4.69) is 4.98 Å². The first-order chi connectivity index (χ1) is 8.33. The van der Waals surface area contributed by atoms with Crippen LogP contribution in [0.25, 0.3) is 0 Å². The van der Waals surface area contributed by atoms with Gasteiger partial charge in [-0.15, -0.1) is 0 Å². The summed E-state index contributed by atoms with van der Waals surface area (Å²) in [7, 11) is 0. The molecule has 0 unspecified atom stereocenters. The van der Waals surface area contributed by atoms with Gasteiger partial charge in [-0.2, -0.15) is 0 Å². The van der Waals surface area contributed by atoms with Gasteiger partial charge in [-0.05, 0) is 32.6 Å². The van der Waals surface area contributed by atoms with Crippen molar-refractivity contribution in [3.63, 3.8) is 0 Å². The molecule has 0 amide bonds. The number of rotatable bonds is 5. The van der Waals surface area contributed by atoms with E-state index < -0.39 is 0 Å². The summed E-state index contributed by atoms with van der Waals surface area (Å²) in [5.74, 6) is 1.37. The number of aliphatic hydroxyl groups is 1. The van der Waals surface area contributed by atoms with Crippen molar-refractivity contribution in [1.29, 1.82) is 0 Å². The Morgan fingerprint density at radius 2 is 2.12 bits per heavy atom. The molecule has 0 spiro atoms. The average Bonchev–Trinajstić information content (AvgIpc) is 2.84. The quantitative estimate of drug-likeness (QED) is 0.853. The molecule has 1 aliphatic rings. The van der Waals surface area contributed by atoms with Crippen LogP contribution in [0.3, 0.4) is 0 Å². The van der Waals surface area contributed by atoms with Crippen LogP contribution in [0.4, 0.5) is 0 Å². The summed E-state index contributed by atoms with van der Waals surface area (Å²) in [6.07, 6.45) is 6.56. The molecule has 1 aromatic heterocycles. The number of aliphatic hydroxyl groups excluding tert-OH is 1. The number of hydrogen-bond acceptors (Lipinski definition) is 4. The SMILES string of the molecule is CCOc1cnc(CO)cc1OC1CCCC1. The fourth-order valence-corrected chi connectivity index (χ4v) is 2.09. The van der Waals surface area contributed by atoms with Crippen LogP contribution in [-0.4, -0.2) is 22.8 Å². The summed E-state index contributed by atoms with van der Waals surface area (Å²) < 4.78 is 11.4. The topological polar surface area (TPSA) is 51.6 Å². The van der Waals surface area contributed by atoms with E-state index in [-0.39, 0.29) is 12.7 Å². The third-order valence-corrected chi connectivity index (χ3v) is 2.95. The molecule has 0 saturated heterocycles. The van der Waals surface area contributed by atoms with Gasteiger partial charge >= 0.3 is 0 Å². The molecule has 17 heavy (non-hydrogen) atoms. The molecule has 1 aromatic rings. The second-order valence-corrected chi connectivity index (χ2v) is 4.24. The van der Waals surface area contributed by atoms with Crippen LogP contribution < -0.4 is 9.47 Å². The van der Waals surface area contributed by atoms with Gasteiger partial charge < -0.3 is 14.6 Å².